The molecule has 94 valence electrons. The summed E-state index contributed by atoms with van der Waals surface area (Å²) in [4.78, 5) is 4.02. The summed E-state index contributed by atoms with van der Waals surface area (Å²) in [6.07, 6.45) is 2.06. The number of hydrazine groups is 1. The molecule has 2 aromatic rings. The maximum atomic E-state index is 13.6. The highest BCUT2D eigenvalue weighted by atomic mass is 35.5. The van der Waals surface area contributed by atoms with Crippen LogP contribution in [0, 0.1) is 5.82 Å². The molecule has 3 N–H and O–H groups in total. The van der Waals surface area contributed by atoms with Gasteiger partial charge in [0, 0.05) is 11.2 Å². The van der Waals surface area contributed by atoms with E-state index in [1.807, 2.05) is 18.2 Å². The van der Waals surface area contributed by atoms with Crippen molar-refractivity contribution in [2.45, 2.75) is 12.5 Å². The summed E-state index contributed by atoms with van der Waals surface area (Å²) < 4.78 is 13.6. The lowest BCUT2D eigenvalue weighted by atomic mass is 10.0. The zero-order valence-electron chi connectivity index (χ0n) is 9.61. The van der Waals surface area contributed by atoms with E-state index >= 15 is 0 Å². The molecular formula is C13H13ClFN3. The number of halogens is 2. The highest BCUT2D eigenvalue weighted by Gasteiger charge is 2.16. The average molecular weight is 266 g/mol. The number of benzene rings is 1. The molecule has 0 saturated carbocycles. The first kappa shape index (κ1) is 13.0. The second kappa shape index (κ2) is 5.91. The topological polar surface area (TPSA) is 50.9 Å². The van der Waals surface area contributed by atoms with E-state index in [1.165, 1.54) is 6.07 Å². The third-order valence-electron chi connectivity index (χ3n) is 2.65. The van der Waals surface area contributed by atoms with Crippen LogP contribution in [0.3, 0.4) is 0 Å². The molecule has 1 atom stereocenters. The van der Waals surface area contributed by atoms with E-state index in [-0.39, 0.29) is 11.9 Å². The van der Waals surface area contributed by atoms with E-state index in [2.05, 4.69) is 10.4 Å². The molecular weight excluding hydrogens is 253 g/mol. The third kappa shape index (κ3) is 3.04. The molecule has 0 aliphatic heterocycles. The van der Waals surface area contributed by atoms with E-state index in [4.69, 9.17) is 17.4 Å². The molecule has 1 aromatic carbocycles. The van der Waals surface area contributed by atoms with Crippen LogP contribution in [0.2, 0.25) is 5.02 Å². The van der Waals surface area contributed by atoms with Gasteiger partial charge in [-0.05, 0) is 36.2 Å². The van der Waals surface area contributed by atoms with Crippen LogP contribution in [-0.4, -0.2) is 4.98 Å². The van der Waals surface area contributed by atoms with E-state index in [0.717, 1.165) is 5.56 Å². The smallest absolute Gasteiger partial charge is 0.146 e. The zero-order chi connectivity index (χ0) is 13.0. The van der Waals surface area contributed by atoms with Gasteiger partial charge in [0.15, 0.2) is 0 Å². The van der Waals surface area contributed by atoms with E-state index < -0.39 is 0 Å². The molecule has 3 nitrogen and oxygen atoms in total. The number of nitrogens with zero attached hydrogens (tertiary/aromatic N) is 1. The van der Waals surface area contributed by atoms with E-state index in [1.54, 1.807) is 18.3 Å². The van der Waals surface area contributed by atoms with Crippen LogP contribution in [0.4, 0.5) is 4.39 Å². The van der Waals surface area contributed by atoms with Crippen molar-refractivity contribution in [3.05, 3.63) is 64.7 Å². The highest BCUT2D eigenvalue weighted by molar-refractivity contribution is 6.30. The number of nitrogens with two attached hydrogens (primary N) is 1. The van der Waals surface area contributed by atoms with Crippen molar-refractivity contribution in [1.82, 2.24) is 10.4 Å². The number of hydrogen-bond acceptors (Lipinski definition) is 3. The Morgan fingerprint density at radius 1 is 1.33 bits per heavy atom. The number of aromatic nitrogens is 1. The molecule has 0 aliphatic carbocycles. The molecule has 1 heterocycles. The number of pyridine rings is 1. The summed E-state index contributed by atoms with van der Waals surface area (Å²) in [5, 5.41) is 0.643. The van der Waals surface area contributed by atoms with Gasteiger partial charge >= 0.3 is 0 Å². The van der Waals surface area contributed by atoms with Crippen molar-refractivity contribution in [2.24, 2.45) is 5.84 Å². The fourth-order valence-electron chi connectivity index (χ4n) is 1.79. The fraction of sp³-hybridized carbons (Fsp3) is 0.154. The molecule has 2 rings (SSSR count). The third-order valence-corrected chi connectivity index (χ3v) is 2.88. The normalized spacial score (nSPS) is 12.4. The maximum Gasteiger partial charge on any atom is 0.146 e. The van der Waals surface area contributed by atoms with Crippen molar-refractivity contribution >= 4 is 11.6 Å². The largest absolute Gasteiger partial charge is 0.271 e. The Morgan fingerprint density at radius 3 is 2.83 bits per heavy atom. The summed E-state index contributed by atoms with van der Waals surface area (Å²) in [6, 6.07) is 9.90. The van der Waals surface area contributed by atoms with Gasteiger partial charge in [-0.15, -0.1) is 0 Å². The summed E-state index contributed by atoms with van der Waals surface area (Å²) in [5.74, 6) is 5.10. The quantitative estimate of drug-likeness (QED) is 0.660. The highest BCUT2D eigenvalue weighted by Crippen LogP contribution is 2.20. The molecule has 0 amide bonds. The lowest BCUT2D eigenvalue weighted by Gasteiger charge is -2.16. The van der Waals surface area contributed by atoms with Gasteiger partial charge in [-0.3, -0.25) is 16.3 Å². The van der Waals surface area contributed by atoms with Crippen molar-refractivity contribution < 1.29 is 4.39 Å². The summed E-state index contributed by atoms with van der Waals surface area (Å²) >= 11 is 5.91. The van der Waals surface area contributed by atoms with Crippen LogP contribution in [-0.2, 0) is 6.42 Å². The Bertz CT molecular complexity index is 533. The van der Waals surface area contributed by atoms with Gasteiger partial charge in [-0.2, -0.15) is 0 Å². The van der Waals surface area contributed by atoms with Crippen LogP contribution in [0.5, 0.6) is 0 Å². The van der Waals surface area contributed by atoms with E-state index in [0.29, 0.717) is 17.1 Å². The molecule has 0 spiro atoms. The van der Waals surface area contributed by atoms with Gasteiger partial charge in [0.05, 0.1) is 11.7 Å². The molecule has 0 aliphatic rings. The van der Waals surface area contributed by atoms with Gasteiger partial charge < -0.3 is 0 Å². The first-order chi connectivity index (χ1) is 8.70. The molecule has 1 aromatic heterocycles. The SMILES string of the molecule is NNC(Cc1cccc(Cl)c1)c1ncccc1F. The lowest BCUT2D eigenvalue weighted by Crippen LogP contribution is -2.31. The first-order valence-corrected chi connectivity index (χ1v) is 5.89. The molecule has 5 heteroatoms. The van der Waals surface area contributed by atoms with Crippen LogP contribution in [0.25, 0.3) is 0 Å². The summed E-state index contributed by atoms with van der Waals surface area (Å²) in [6.45, 7) is 0. The van der Waals surface area contributed by atoms with Crippen molar-refractivity contribution in [3.63, 3.8) is 0 Å². The summed E-state index contributed by atoms with van der Waals surface area (Å²) in [5.41, 5.74) is 3.86. The Morgan fingerprint density at radius 2 is 2.17 bits per heavy atom. The standard InChI is InChI=1S/C13H13ClFN3/c14-10-4-1-3-9(7-10)8-12(18-16)13-11(15)5-2-6-17-13/h1-7,12,18H,8,16H2. The minimum absolute atomic E-state index is 0.306. The molecule has 0 bridgehead atoms. The van der Waals surface area contributed by atoms with Crippen molar-refractivity contribution in [3.8, 4) is 0 Å². The Balaban J connectivity index is 2.23. The van der Waals surface area contributed by atoms with Crippen LogP contribution in [0.15, 0.2) is 42.6 Å². The number of rotatable bonds is 4. The minimum Gasteiger partial charge on any atom is -0.271 e. The molecule has 18 heavy (non-hydrogen) atoms. The monoisotopic (exact) mass is 265 g/mol. The molecule has 0 fully saturated rings. The Kier molecular flexibility index (Phi) is 4.25. The average Bonchev–Trinajstić information content (AvgIpc) is 2.37. The van der Waals surface area contributed by atoms with Crippen LogP contribution in [0.1, 0.15) is 17.3 Å². The molecule has 0 radical (unpaired) electrons. The molecule has 0 saturated heterocycles. The van der Waals surface area contributed by atoms with Crippen LogP contribution >= 0.6 is 11.6 Å². The second-order valence-electron chi connectivity index (χ2n) is 3.92. The minimum atomic E-state index is -0.385. The first-order valence-electron chi connectivity index (χ1n) is 5.51. The van der Waals surface area contributed by atoms with Gasteiger partial charge in [-0.25, -0.2) is 4.39 Å². The maximum absolute atomic E-state index is 13.6. The molecule has 1 unspecified atom stereocenters. The zero-order valence-corrected chi connectivity index (χ0v) is 10.4. The fourth-order valence-corrected chi connectivity index (χ4v) is 2.00. The van der Waals surface area contributed by atoms with Gasteiger partial charge in [0.2, 0.25) is 0 Å². The predicted molar refractivity (Wildman–Crippen MR) is 69.4 cm³/mol. The number of hydrogen-bond donors (Lipinski definition) is 2. The Labute approximate surface area is 110 Å². The number of nitrogens with one attached hydrogen (secondary N) is 1. The van der Waals surface area contributed by atoms with Crippen molar-refractivity contribution in [1.29, 1.82) is 0 Å². The predicted octanol–water partition coefficient (Wildman–Crippen LogP) is 2.62. The van der Waals surface area contributed by atoms with Gasteiger partial charge in [-0.1, -0.05) is 23.7 Å². The van der Waals surface area contributed by atoms with Crippen LogP contribution < -0.4 is 11.3 Å². The van der Waals surface area contributed by atoms with E-state index in [9.17, 15) is 4.39 Å². The van der Waals surface area contributed by atoms with Gasteiger partial charge in [0.1, 0.15) is 5.82 Å². The Hall–Kier alpha value is -1.49. The lowest BCUT2D eigenvalue weighted by molar-refractivity contribution is 0.495. The van der Waals surface area contributed by atoms with Crippen molar-refractivity contribution in [2.75, 3.05) is 0 Å². The second-order valence-corrected chi connectivity index (χ2v) is 4.36. The summed E-state index contributed by atoms with van der Waals surface area (Å²) in [7, 11) is 0. The van der Waals surface area contributed by atoms with Gasteiger partial charge in [0.25, 0.3) is 0 Å².